The Morgan fingerprint density at radius 3 is 1.71 bits per heavy atom. The molecule has 0 heterocycles. The zero-order valence-electron chi connectivity index (χ0n) is 4.83. The first-order valence-electron chi connectivity index (χ1n) is 0.565. The van der Waals surface area contributed by atoms with Crippen molar-refractivity contribution in [3.63, 3.8) is 0 Å². The van der Waals surface area contributed by atoms with Crippen LogP contribution in [0.25, 0.3) is 0 Å². The van der Waals surface area contributed by atoms with E-state index < -0.39 is 5.09 Å². The molecule has 0 atom stereocenters. The van der Waals surface area contributed by atoms with Crippen LogP contribution in [-0.4, -0.2) is 65.4 Å². The Morgan fingerprint density at radius 2 is 1.71 bits per heavy atom. The van der Waals surface area contributed by atoms with Crippen LogP contribution in [0.3, 0.4) is 0 Å². The van der Waals surface area contributed by atoms with Gasteiger partial charge in [0.2, 0.25) is 0 Å². The molecule has 7 heteroatoms. The van der Waals surface area contributed by atoms with E-state index in [0.717, 1.165) is 0 Å². The van der Waals surface area contributed by atoms with E-state index >= 15 is 0 Å². The van der Waals surface area contributed by atoms with Gasteiger partial charge in [-0.05, 0) is 0 Å². The van der Waals surface area contributed by atoms with Crippen molar-refractivity contribution in [2.24, 2.45) is 0 Å². The van der Waals surface area contributed by atoms with E-state index in [0.29, 0.717) is 0 Å². The van der Waals surface area contributed by atoms with Crippen LogP contribution < -0.4 is 0 Å². The molecule has 0 spiro atoms. The van der Waals surface area contributed by atoms with Gasteiger partial charge in [0, 0.05) is 0 Å². The molecule has 0 bridgehead atoms. The molecule has 4 nitrogen and oxygen atoms in total. The molecule has 0 aromatic heterocycles. The van der Waals surface area contributed by atoms with Crippen molar-refractivity contribution < 1.29 is 13.1 Å². The summed E-state index contributed by atoms with van der Waals surface area (Å²) in [6.07, 6.45) is 0. The summed E-state index contributed by atoms with van der Waals surface area (Å²) in [4.78, 5) is 8.36. The van der Waals surface area contributed by atoms with E-state index in [1.165, 1.54) is 0 Å². The first kappa shape index (κ1) is 24.0. The van der Waals surface area contributed by atoms with Gasteiger partial charge in [-0.1, -0.05) is 0 Å². The van der Waals surface area contributed by atoms with Crippen molar-refractivity contribution in [2.75, 3.05) is 0 Å². The molecule has 0 fully saturated rings. The second kappa shape index (κ2) is 15.7. The predicted molar refractivity (Wildman–Crippen MR) is 33.9 cm³/mol. The molecule has 0 aromatic carbocycles. The second-order valence-corrected chi connectivity index (χ2v) is 0.238. The number of rotatable bonds is 0. The summed E-state index contributed by atoms with van der Waals surface area (Å²) in [6, 6.07) is 0. The van der Waals surface area contributed by atoms with E-state index in [2.05, 4.69) is 0 Å². The number of hydrogen-bond donors (Lipinski definition) is 1. The van der Waals surface area contributed by atoms with E-state index in [-0.39, 0.29) is 70.4 Å². The van der Waals surface area contributed by atoms with Crippen LogP contribution >= 0.6 is 12.4 Å². The van der Waals surface area contributed by atoms with Crippen molar-refractivity contribution in [2.45, 2.75) is 0 Å². The Morgan fingerprint density at radius 1 is 1.71 bits per heavy atom. The van der Waals surface area contributed by atoms with E-state index in [1.54, 1.807) is 0 Å². The van der Waals surface area contributed by atoms with E-state index in [9.17, 15) is 0 Å². The maximum absolute atomic E-state index is 8.36. The molecule has 7 heavy (non-hydrogen) atoms. The molecule has 0 unspecified atom stereocenters. The largest absolute Gasteiger partial charge is 2.00 e. The summed E-state index contributed by atoms with van der Waals surface area (Å²) in [5, 5.41) is 13.6. The fourth-order valence-corrected chi connectivity index (χ4v) is 0. The first-order valence-corrected chi connectivity index (χ1v) is 0.565. The summed E-state index contributed by atoms with van der Waals surface area (Å²) < 4.78 is 0. The molecule has 0 aromatic rings. The summed E-state index contributed by atoms with van der Waals surface area (Å²) >= 11 is 0. The van der Waals surface area contributed by atoms with Crippen molar-refractivity contribution in [3.8, 4) is 0 Å². The van der Waals surface area contributed by atoms with Crippen LogP contribution in [0.5, 0.6) is 0 Å². The minimum Gasteiger partial charge on any atom is -1.00 e. The Balaban J connectivity index is -0.00000000450. The Kier molecular flexibility index (Phi) is 53.6. The minimum atomic E-state index is -1.50. The van der Waals surface area contributed by atoms with Gasteiger partial charge in [-0.2, -0.15) is 0 Å². The summed E-state index contributed by atoms with van der Waals surface area (Å²) in [5.74, 6) is 0. The molecule has 0 amide bonds. The summed E-state index contributed by atoms with van der Waals surface area (Å²) in [6.45, 7) is 0. The van der Waals surface area contributed by atoms with Crippen LogP contribution in [0.15, 0.2) is 0 Å². The van der Waals surface area contributed by atoms with Crippen LogP contribution in [-0.2, 0) is 0 Å². The monoisotopic (exact) mass is 171 g/mol. The van der Waals surface area contributed by atoms with E-state index in [4.69, 9.17) is 15.3 Å². The van der Waals surface area contributed by atoms with Gasteiger partial charge in [-0.15, -0.1) is 22.5 Å². The number of nitrogens with zero attached hydrogens (tertiary/aromatic N) is 1. The van der Waals surface area contributed by atoms with Crippen molar-refractivity contribution in [1.82, 2.24) is 0 Å². The minimum absolute atomic E-state index is 0. The first-order chi connectivity index (χ1) is 1.73. The fraction of sp³-hybridized carbons (Fsp3) is 0. The average Bonchev–Trinajstić information content (AvgIpc) is 0.811. The van der Waals surface area contributed by atoms with Crippen molar-refractivity contribution in [3.05, 3.63) is 10.1 Å². The number of hydrogen-bond acceptors (Lipinski definition) is 2. The Bertz CT molecular complexity index is 44.8. The average molecular weight is 172 g/mol. The third-order valence-electron chi connectivity index (χ3n) is 0. The summed E-state index contributed by atoms with van der Waals surface area (Å²) in [5.41, 5.74) is 0. The summed E-state index contributed by atoms with van der Waals surface area (Å²) in [7, 11) is 0. The van der Waals surface area contributed by atoms with Gasteiger partial charge >= 0.3 is 37.7 Å². The van der Waals surface area contributed by atoms with Crippen molar-refractivity contribution >= 4 is 67.5 Å². The topological polar surface area (TPSA) is 63.4 Å². The maximum atomic E-state index is 8.36. The number of halogens is 1. The SMILES string of the molecule is Cl.O=[N+]([O-])O.[AlH3].[Ca+2].[H-].[H-]. The molecule has 1 N–H and O–H groups in total. The normalized spacial score (nSPS) is 3.43. The zero-order valence-corrected chi connectivity index (χ0v) is 5.85. The fourth-order valence-electron chi connectivity index (χ4n) is 0. The van der Waals surface area contributed by atoms with Gasteiger partial charge in [0.25, 0.3) is 5.09 Å². The third kappa shape index (κ3) is 124. The smallest absolute Gasteiger partial charge is 1.00 e. The molecule has 0 saturated carbocycles. The van der Waals surface area contributed by atoms with Crippen LogP contribution in [0, 0.1) is 10.1 Å². The maximum Gasteiger partial charge on any atom is 2.00 e. The molecular weight excluding hydrogens is 165 g/mol. The van der Waals surface area contributed by atoms with Gasteiger partial charge in [-0.3, -0.25) is 0 Å². The zero-order chi connectivity index (χ0) is 3.58. The van der Waals surface area contributed by atoms with Gasteiger partial charge in [0.1, 0.15) is 0 Å². The molecule has 0 aliphatic heterocycles. The third-order valence-corrected chi connectivity index (χ3v) is 0. The van der Waals surface area contributed by atoms with Gasteiger partial charge in [0.15, 0.2) is 17.4 Å². The molecule has 0 saturated heterocycles. The molecule has 0 aliphatic carbocycles. The predicted octanol–water partition coefficient (Wildman–Crippen LogP) is -1.27. The molecular formula is H7AlCaClNO3. The molecule has 42 valence electrons. The van der Waals surface area contributed by atoms with Crippen molar-refractivity contribution in [1.29, 1.82) is 0 Å². The van der Waals surface area contributed by atoms with Gasteiger partial charge in [0.05, 0.1) is 0 Å². The van der Waals surface area contributed by atoms with Crippen LogP contribution in [0.1, 0.15) is 2.85 Å². The molecule has 0 aliphatic rings. The van der Waals surface area contributed by atoms with Gasteiger partial charge in [-0.25, -0.2) is 0 Å². The van der Waals surface area contributed by atoms with Crippen LogP contribution in [0.2, 0.25) is 0 Å². The van der Waals surface area contributed by atoms with Crippen LogP contribution in [0.4, 0.5) is 0 Å². The Labute approximate surface area is 89.9 Å². The molecule has 0 rings (SSSR count). The quantitative estimate of drug-likeness (QED) is 0.281. The van der Waals surface area contributed by atoms with E-state index in [1.807, 2.05) is 0 Å². The standard InChI is InChI=1S/Al.Ca.ClH.HNO3.5H/c;;;2-1(3)4;;;;;/h;;1H;(H,2,3,4);;;;;/q;+2;;;;;;2*-1. The Hall–Kier alpha value is 1.28. The second-order valence-electron chi connectivity index (χ2n) is 0.238. The molecule has 0 radical (unpaired) electrons. The van der Waals surface area contributed by atoms with Gasteiger partial charge < -0.3 is 8.06 Å².